The van der Waals surface area contributed by atoms with Gasteiger partial charge < -0.3 is 25.7 Å². The van der Waals surface area contributed by atoms with Crippen LogP contribution in [0.1, 0.15) is 63.8 Å². The summed E-state index contributed by atoms with van der Waals surface area (Å²) in [7, 11) is 0. The van der Waals surface area contributed by atoms with Gasteiger partial charge in [-0.3, -0.25) is 0 Å². The lowest BCUT2D eigenvalue weighted by molar-refractivity contribution is 0.199. The number of rotatable bonds is 7. The average molecular weight is 424 g/mol. The standard InChI is InChI=1S/C24H33N5O2/c1-6-7-19-22-18(9-11-29(19)12-13-30)15-21(27-23(22)28-24(3,4)5)26-20-14-17(16(2)31)8-10-25-20/h7-11,14-16,30-31H,6,12-13H2,1-5H3,(H2,25,26,27,28)/b19-7-. The summed E-state index contributed by atoms with van der Waals surface area (Å²) in [6, 6.07) is 5.61. The van der Waals surface area contributed by atoms with Crippen LogP contribution >= 0.6 is 0 Å². The van der Waals surface area contributed by atoms with E-state index in [1.165, 1.54) is 0 Å². The van der Waals surface area contributed by atoms with E-state index in [0.717, 1.165) is 34.6 Å². The van der Waals surface area contributed by atoms with E-state index in [2.05, 4.69) is 54.3 Å². The Morgan fingerprint density at radius 2 is 2.00 bits per heavy atom. The highest BCUT2D eigenvalue weighted by molar-refractivity contribution is 5.86. The molecule has 1 unspecified atom stereocenters. The molecule has 3 rings (SSSR count). The van der Waals surface area contributed by atoms with Crippen LogP contribution in [-0.2, 0) is 0 Å². The van der Waals surface area contributed by atoms with E-state index in [9.17, 15) is 10.2 Å². The molecule has 0 bridgehead atoms. The Labute approximate surface area is 184 Å². The molecule has 4 N–H and O–H groups in total. The predicted molar refractivity (Wildman–Crippen MR) is 127 cm³/mol. The van der Waals surface area contributed by atoms with Crippen LogP contribution in [0.3, 0.4) is 0 Å². The number of hydrogen-bond acceptors (Lipinski definition) is 7. The number of pyridine rings is 2. The molecule has 0 spiro atoms. The summed E-state index contributed by atoms with van der Waals surface area (Å²) in [5, 5.41) is 26.2. The van der Waals surface area contributed by atoms with Gasteiger partial charge in [0.15, 0.2) is 0 Å². The number of nitrogens with one attached hydrogen (secondary N) is 2. The second kappa shape index (κ2) is 9.49. The molecule has 0 saturated heterocycles. The summed E-state index contributed by atoms with van der Waals surface area (Å²) < 4.78 is 0. The molecule has 31 heavy (non-hydrogen) atoms. The van der Waals surface area contributed by atoms with Crippen LogP contribution in [0.4, 0.5) is 17.5 Å². The number of fused-ring (bicyclic) bond motifs is 1. The number of aliphatic hydroxyl groups excluding tert-OH is 2. The maximum Gasteiger partial charge on any atom is 0.138 e. The monoisotopic (exact) mass is 423 g/mol. The molecule has 1 aliphatic heterocycles. The molecule has 0 aliphatic carbocycles. The molecule has 1 atom stereocenters. The van der Waals surface area contributed by atoms with Gasteiger partial charge in [0.25, 0.3) is 0 Å². The van der Waals surface area contributed by atoms with E-state index < -0.39 is 6.10 Å². The van der Waals surface area contributed by atoms with Crippen molar-refractivity contribution in [1.29, 1.82) is 0 Å². The number of nitrogens with zero attached hydrogens (tertiary/aromatic N) is 3. The summed E-state index contributed by atoms with van der Waals surface area (Å²) in [6.45, 7) is 10.7. The Balaban J connectivity index is 2.08. The second-order valence-corrected chi connectivity index (χ2v) is 8.70. The van der Waals surface area contributed by atoms with Crippen LogP contribution in [-0.4, -0.2) is 43.8 Å². The van der Waals surface area contributed by atoms with Crippen molar-refractivity contribution in [1.82, 2.24) is 14.9 Å². The fourth-order valence-corrected chi connectivity index (χ4v) is 3.49. The van der Waals surface area contributed by atoms with Gasteiger partial charge in [-0.1, -0.05) is 13.0 Å². The molecule has 7 nitrogen and oxygen atoms in total. The number of β-amino-alcohol motifs (C(OH)–C–C–N with tert-alkyl or cyclic N) is 1. The molecule has 2 aromatic rings. The van der Waals surface area contributed by atoms with Gasteiger partial charge in [-0.25, -0.2) is 9.97 Å². The van der Waals surface area contributed by atoms with E-state index in [4.69, 9.17) is 4.98 Å². The third-order valence-electron chi connectivity index (χ3n) is 4.80. The fraction of sp³-hybridized carbons (Fsp3) is 0.417. The minimum atomic E-state index is -0.569. The normalized spacial score (nSPS) is 15.7. The summed E-state index contributed by atoms with van der Waals surface area (Å²) in [5.74, 6) is 2.06. The first kappa shape index (κ1) is 22.8. The van der Waals surface area contributed by atoms with Gasteiger partial charge in [0.1, 0.15) is 17.5 Å². The topological polar surface area (TPSA) is 93.5 Å². The van der Waals surface area contributed by atoms with E-state index >= 15 is 0 Å². The van der Waals surface area contributed by atoms with Crippen molar-refractivity contribution in [2.75, 3.05) is 23.8 Å². The van der Waals surface area contributed by atoms with Crippen molar-refractivity contribution in [3.8, 4) is 0 Å². The molecular formula is C24H33N5O2. The molecule has 7 heteroatoms. The fourth-order valence-electron chi connectivity index (χ4n) is 3.49. The van der Waals surface area contributed by atoms with Gasteiger partial charge in [0.05, 0.1) is 12.7 Å². The van der Waals surface area contributed by atoms with Crippen molar-refractivity contribution in [2.45, 2.75) is 52.7 Å². The van der Waals surface area contributed by atoms with Crippen LogP contribution in [0, 0.1) is 0 Å². The van der Waals surface area contributed by atoms with Crippen LogP contribution in [0.5, 0.6) is 0 Å². The van der Waals surface area contributed by atoms with E-state index in [0.29, 0.717) is 18.2 Å². The van der Waals surface area contributed by atoms with Crippen molar-refractivity contribution in [2.24, 2.45) is 0 Å². The molecular weight excluding hydrogens is 390 g/mol. The SMILES string of the molecule is CC/C=C1/c2c(cc(Nc3cc(C(C)O)ccn3)nc2NC(C)(C)C)C=CN1CCO. The lowest BCUT2D eigenvalue weighted by Crippen LogP contribution is -2.30. The van der Waals surface area contributed by atoms with Crippen molar-refractivity contribution in [3.05, 3.63) is 53.4 Å². The second-order valence-electron chi connectivity index (χ2n) is 8.70. The summed E-state index contributed by atoms with van der Waals surface area (Å²) in [4.78, 5) is 11.3. The highest BCUT2D eigenvalue weighted by Gasteiger charge is 2.24. The van der Waals surface area contributed by atoms with E-state index in [-0.39, 0.29) is 12.1 Å². The third kappa shape index (κ3) is 5.62. The lowest BCUT2D eigenvalue weighted by Gasteiger charge is -2.32. The zero-order chi connectivity index (χ0) is 22.6. The molecule has 0 amide bonds. The maximum absolute atomic E-state index is 9.87. The van der Waals surface area contributed by atoms with Crippen LogP contribution in [0.2, 0.25) is 0 Å². The van der Waals surface area contributed by atoms with Gasteiger partial charge in [-0.05, 0) is 69.5 Å². The van der Waals surface area contributed by atoms with Crippen molar-refractivity contribution >= 4 is 29.2 Å². The molecule has 2 aromatic heterocycles. The molecule has 0 aromatic carbocycles. The summed E-state index contributed by atoms with van der Waals surface area (Å²) in [6.07, 6.45) is 8.17. The van der Waals surface area contributed by atoms with Gasteiger partial charge in [-0.15, -0.1) is 0 Å². The quantitative estimate of drug-likeness (QED) is 0.520. The van der Waals surface area contributed by atoms with Gasteiger partial charge >= 0.3 is 0 Å². The lowest BCUT2D eigenvalue weighted by atomic mass is 9.98. The Bertz CT molecular complexity index is 976. The Morgan fingerprint density at radius 3 is 2.65 bits per heavy atom. The Morgan fingerprint density at radius 1 is 1.23 bits per heavy atom. The minimum Gasteiger partial charge on any atom is -0.395 e. The number of hydrogen-bond donors (Lipinski definition) is 4. The summed E-state index contributed by atoms with van der Waals surface area (Å²) >= 11 is 0. The van der Waals surface area contributed by atoms with Crippen LogP contribution in [0.15, 0.2) is 36.7 Å². The van der Waals surface area contributed by atoms with Gasteiger partial charge in [0, 0.05) is 35.7 Å². The maximum atomic E-state index is 9.87. The highest BCUT2D eigenvalue weighted by atomic mass is 16.3. The van der Waals surface area contributed by atoms with Gasteiger partial charge in [0.2, 0.25) is 0 Å². The molecule has 3 heterocycles. The van der Waals surface area contributed by atoms with Crippen molar-refractivity contribution < 1.29 is 10.2 Å². The number of anilines is 3. The molecule has 0 radical (unpaired) electrons. The largest absolute Gasteiger partial charge is 0.395 e. The number of allylic oxidation sites excluding steroid dienone is 1. The number of aliphatic hydroxyl groups is 2. The van der Waals surface area contributed by atoms with Gasteiger partial charge in [-0.2, -0.15) is 0 Å². The average Bonchev–Trinajstić information content (AvgIpc) is 2.69. The zero-order valence-electron chi connectivity index (χ0n) is 19.0. The zero-order valence-corrected chi connectivity index (χ0v) is 19.0. The first-order valence-corrected chi connectivity index (χ1v) is 10.7. The highest BCUT2D eigenvalue weighted by Crippen LogP contribution is 2.37. The van der Waals surface area contributed by atoms with Crippen molar-refractivity contribution in [3.63, 3.8) is 0 Å². The molecule has 0 saturated carbocycles. The summed E-state index contributed by atoms with van der Waals surface area (Å²) in [5.41, 5.74) is 3.68. The molecule has 1 aliphatic rings. The molecule has 166 valence electrons. The first-order chi connectivity index (χ1) is 14.7. The Hall–Kier alpha value is -2.90. The predicted octanol–water partition coefficient (Wildman–Crippen LogP) is 4.51. The van der Waals surface area contributed by atoms with Crippen LogP contribution < -0.4 is 10.6 Å². The number of aromatic nitrogens is 2. The minimum absolute atomic E-state index is 0.0706. The van der Waals surface area contributed by atoms with E-state index in [1.807, 2.05) is 24.4 Å². The third-order valence-corrected chi connectivity index (χ3v) is 4.80. The Kier molecular flexibility index (Phi) is 6.97. The smallest absolute Gasteiger partial charge is 0.138 e. The van der Waals surface area contributed by atoms with Crippen LogP contribution in [0.25, 0.3) is 11.8 Å². The van der Waals surface area contributed by atoms with E-state index in [1.54, 1.807) is 19.2 Å². The molecule has 0 fully saturated rings. The first-order valence-electron chi connectivity index (χ1n) is 10.7.